The number of allylic oxidation sites excluding steroid dienone is 1. The van der Waals surface area contributed by atoms with Crippen LogP contribution in [-0.2, 0) is 5.41 Å². The van der Waals surface area contributed by atoms with Crippen molar-refractivity contribution in [3.63, 3.8) is 0 Å². The summed E-state index contributed by atoms with van der Waals surface area (Å²) in [4.78, 5) is 12.5. The van der Waals surface area contributed by atoms with Crippen molar-refractivity contribution in [2.24, 2.45) is 0 Å². The first-order valence-corrected chi connectivity index (χ1v) is 8.55. The molecule has 26 heavy (non-hydrogen) atoms. The second kappa shape index (κ2) is 7.22. The third-order valence-corrected chi connectivity index (χ3v) is 4.41. The normalized spacial score (nSPS) is 11.9. The van der Waals surface area contributed by atoms with Crippen molar-refractivity contribution in [1.82, 2.24) is 0 Å². The summed E-state index contributed by atoms with van der Waals surface area (Å²) < 4.78 is 0.461. The van der Waals surface area contributed by atoms with E-state index in [1.807, 2.05) is 26.8 Å². The standard InChI is InChI=1S/C20H18BrNO4/c1-20(2,3)14-7-11(8-15(21)19(14)26)6-13(10-22)18(25)12-4-5-16(23)17(24)9-12/h4-9,23-24,26H,1-3H3/b13-6+. The highest BCUT2D eigenvalue weighted by molar-refractivity contribution is 9.10. The molecule has 0 saturated heterocycles. The van der Waals surface area contributed by atoms with E-state index in [1.54, 1.807) is 12.1 Å². The molecular weight excluding hydrogens is 398 g/mol. The van der Waals surface area contributed by atoms with E-state index in [-0.39, 0.29) is 28.1 Å². The van der Waals surface area contributed by atoms with Gasteiger partial charge in [0.05, 0.1) is 4.47 Å². The molecule has 2 aromatic carbocycles. The Morgan fingerprint density at radius 2 is 1.77 bits per heavy atom. The zero-order valence-electron chi connectivity index (χ0n) is 14.5. The van der Waals surface area contributed by atoms with Crippen LogP contribution in [0.2, 0.25) is 0 Å². The number of aromatic hydroxyl groups is 3. The molecule has 0 aliphatic rings. The van der Waals surface area contributed by atoms with Crippen molar-refractivity contribution in [2.75, 3.05) is 0 Å². The molecule has 134 valence electrons. The number of halogens is 1. The van der Waals surface area contributed by atoms with Crippen molar-refractivity contribution in [3.8, 4) is 23.3 Å². The lowest BCUT2D eigenvalue weighted by atomic mass is 9.85. The minimum absolute atomic E-state index is 0.0852. The zero-order valence-corrected chi connectivity index (χ0v) is 16.1. The van der Waals surface area contributed by atoms with Crippen LogP contribution in [0.4, 0.5) is 0 Å². The van der Waals surface area contributed by atoms with Crippen LogP contribution < -0.4 is 0 Å². The van der Waals surface area contributed by atoms with Crippen molar-refractivity contribution >= 4 is 27.8 Å². The fraction of sp³-hybridized carbons (Fsp3) is 0.200. The fourth-order valence-electron chi connectivity index (χ4n) is 2.41. The van der Waals surface area contributed by atoms with Gasteiger partial charge in [0.2, 0.25) is 5.78 Å². The molecule has 0 aromatic heterocycles. The third kappa shape index (κ3) is 4.06. The SMILES string of the molecule is CC(C)(C)c1cc(/C=C(\C#N)C(=O)c2ccc(O)c(O)c2)cc(Br)c1O. The number of nitrogens with zero attached hydrogens (tertiary/aromatic N) is 1. The van der Waals surface area contributed by atoms with Gasteiger partial charge in [-0.05, 0) is 63.3 Å². The Kier molecular flexibility index (Phi) is 5.43. The lowest BCUT2D eigenvalue weighted by Gasteiger charge is -2.21. The highest BCUT2D eigenvalue weighted by atomic mass is 79.9. The topological polar surface area (TPSA) is 102 Å². The summed E-state index contributed by atoms with van der Waals surface area (Å²) in [5.74, 6) is -1.25. The van der Waals surface area contributed by atoms with Crippen LogP contribution in [0.5, 0.6) is 17.2 Å². The largest absolute Gasteiger partial charge is 0.506 e. The van der Waals surface area contributed by atoms with E-state index in [2.05, 4.69) is 15.9 Å². The van der Waals surface area contributed by atoms with Gasteiger partial charge < -0.3 is 15.3 Å². The molecule has 0 spiro atoms. The molecule has 0 unspecified atom stereocenters. The van der Waals surface area contributed by atoms with Gasteiger partial charge >= 0.3 is 0 Å². The Bertz CT molecular complexity index is 950. The van der Waals surface area contributed by atoms with E-state index in [1.165, 1.54) is 18.2 Å². The Balaban J connectivity index is 2.52. The number of hydrogen-bond acceptors (Lipinski definition) is 5. The number of Topliss-reactive ketones (excluding diaryl/α,β-unsaturated/α-hetero) is 1. The Morgan fingerprint density at radius 1 is 1.12 bits per heavy atom. The van der Waals surface area contributed by atoms with Crippen molar-refractivity contribution in [1.29, 1.82) is 5.26 Å². The van der Waals surface area contributed by atoms with E-state index in [4.69, 9.17) is 0 Å². The summed E-state index contributed by atoms with van der Waals surface area (Å²) in [6.45, 7) is 5.83. The van der Waals surface area contributed by atoms with Crippen LogP contribution in [0.25, 0.3) is 6.08 Å². The lowest BCUT2D eigenvalue weighted by Crippen LogP contribution is -2.12. The van der Waals surface area contributed by atoms with Crippen LogP contribution in [0.15, 0.2) is 40.4 Å². The number of carbonyl (C=O) groups excluding carboxylic acids is 1. The second-order valence-corrected chi connectivity index (χ2v) is 7.71. The maximum Gasteiger partial charge on any atom is 0.203 e. The highest BCUT2D eigenvalue weighted by Gasteiger charge is 2.21. The lowest BCUT2D eigenvalue weighted by molar-refractivity contribution is 0.103. The van der Waals surface area contributed by atoms with Gasteiger partial charge in [-0.1, -0.05) is 20.8 Å². The molecular formula is C20H18BrNO4. The second-order valence-electron chi connectivity index (χ2n) is 6.85. The molecule has 0 heterocycles. The van der Waals surface area contributed by atoms with Gasteiger partial charge in [-0.25, -0.2) is 0 Å². The zero-order chi connectivity index (χ0) is 19.6. The average Bonchev–Trinajstić information content (AvgIpc) is 2.56. The van der Waals surface area contributed by atoms with Crippen LogP contribution in [0.3, 0.4) is 0 Å². The molecule has 5 nitrogen and oxygen atoms in total. The molecule has 0 saturated carbocycles. The fourth-order valence-corrected chi connectivity index (χ4v) is 2.89. The van der Waals surface area contributed by atoms with Crippen molar-refractivity contribution in [2.45, 2.75) is 26.2 Å². The predicted octanol–water partition coefficient (Wildman–Crippen LogP) is 4.65. The van der Waals surface area contributed by atoms with Gasteiger partial charge in [-0.3, -0.25) is 4.79 Å². The van der Waals surface area contributed by atoms with E-state index < -0.39 is 11.5 Å². The summed E-state index contributed by atoms with van der Waals surface area (Å²) in [5, 5.41) is 38.5. The van der Waals surface area contributed by atoms with Gasteiger partial charge in [0, 0.05) is 11.1 Å². The molecule has 0 fully saturated rings. The number of rotatable bonds is 3. The minimum atomic E-state index is -0.579. The van der Waals surface area contributed by atoms with E-state index in [0.717, 1.165) is 6.07 Å². The first kappa shape index (κ1) is 19.5. The molecule has 0 atom stereocenters. The molecule has 2 rings (SSSR count). The number of phenolic OH excluding ortho intramolecular Hbond substituents is 3. The van der Waals surface area contributed by atoms with Gasteiger partial charge in [0.1, 0.15) is 17.4 Å². The molecule has 0 amide bonds. The third-order valence-electron chi connectivity index (χ3n) is 3.81. The average molecular weight is 416 g/mol. The van der Waals surface area contributed by atoms with E-state index in [0.29, 0.717) is 15.6 Å². The number of ketones is 1. The van der Waals surface area contributed by atoms with E-state index in [9.17, 15) is 25.4 Å². The van der Waals surface area contributed by atoms with Crippen LogP contribution >= 0.6 is 15.9 Å². The van der Waals surface area contributed by atoms with Crippen LogP contribution in [-0.4, -0.2) is 21.1 Å². The summed E-state index contributed by atoms with van der Waals surface area (Å²) in [7, 11) is 0. The maximum absolute atomic E-state index is 12.5. The summed E-state index contributed by atoms with van der Waals surface area (Å²) in [5.41, 5.74) is 0.864. The molecule has 0 radical (unpaired) electrons. The van der Waals surface area contributed by atoms with Crippen molar-refractivity contribution < 1.29 is 20.1 Å². The molecule has 0 bridgehead atoms. The highest BCUT2D eigenvalue weighted by Crippen LogP contribution is 2.37. The Morgan fingerprint density at radius 3 is 2.31 bits per heavy atom. The van der Waals surface area contributed by atoms with E-state index >= 15 is 0 Å². The Labute approximate surface area is 160 Å². The molecule has 0 aliphatic heterocycles. The molecule has 3 N–H and O–H groups in total. The first-order valence-electron chi connectivity index (χ1n) is 7.76. The van der Waals surface area contributed by atoms with Gasteiger partial charge in [-0.2, -0.15) is 5.26 Å². The minimum Gasteiger partial charge on any atom is -0.506 e. The Hall–Kier alpha value is -2.78. The quantitative estimate of drug-likeness (QED) is 0.293. The molecule has 2 aromatic rings. The molecule has 6 heteroatoms. The number of carbonyl (C=O) groups is 1. The number of phenols is 3. The van der Waals surface area contributed by atoms with Crippen LogP contribution in [0, 0.1) is 11.3 Å². The molecule has 0 aliphatic carbocycles. The van der Waals surface area contributed by atoms with Gasteiger partial charge in [-0.15, -0.1) is 0 Å². The monoisotopic (exact) mass is 415 g/mol. The number of nitriles is 1. The van der Waals surface area contributed by atoms with Crippen molar-refractivity contribution in [3.05, 3.63) is 57.1 Å². The summed E-state index contributed by atoms with van der Waals surface area (Å²) in [6.07, 6.45) is 1.42. The number of hydrogen-bond donors (Lipinski definition) is 3. The maximum atomic E-state index is 12.5. The van der Waals surface area contributed by atoms with Crippen LogP contribution in [0.1, 0.15) is 42.3 Å². The smallest absolute Gasteiger partial charge is 0.203 e. The van der Waals surface area contributed by atoms with Gasteiger partial charge in [0.15, 0.2) is 11.5 Å². The van der Waals surface area contributed by atoms with Gasteiger partial charge in [0.25, 0.3) is 0 Å². The number of benzene rings is 2. The predicted molar refractivity (Wildman–Crippen MR) is 102 cm³/mol. The summed E-state index contributed by atoms with van der Waals surface area (Å²) in [6, 6.07) is 8.82. The first-order chi connectivity index (χ1) is 12.0. The summed E-state index contributed by atoms with van der Waals surface area (Å²) >= 11 is 3.29.